The summed E-state index contributed by atoms with van der Waals surface area (Å²) in [5.74, 6) is 0.668. The Morgan fingerprint density at radius 1 is 1.08 bits per heavy atom. The molecule has 1 aromatic carbocycles. The molecule has 24 heavy (non-hydrogen) atoms. The molecule has 0 spiro atoms. The quantitative estimate of drug-likeness (QED) is 0.686. The van der Waals surface area contributed by atoms with Crippen LogP contribution in [-0.4, -0.2) is 31.5 Å². The van der Waals surface area contributed by atoms with E-state index in [1.807, 2.05) is 36.6 Å². The average molecular weight is 346 g/mol. The lowest BCUT2D eigenvalue weighted by atomic mass is 10.2. The third-order valence-electron chi connectivity index (χ3n) is 3.36. The first-order valence-electron chi connectivity index (χ1n) is 7.92. The summed E-state index contributed by atoms with van der Waals surface area (Å²) in [4.78, 5) is 23.4. The van der Waals surface area contributed by atoms with Crippen molar-refractivity contribution in [2.24, 2.45) is 0 Å². The Hall–Kier alpha value is -2.34. The molecule has 5 nitrogen and oxygen atoms in total. The van der Waals surface area contributed by atoms with Crippen molar-refractivity contribution in [1.82, 2.24) is 10.6 Å². The predicted molar refractivity (Wildman–Crippen MR) is 95.6 cm³/mol. The van der Waals surface area contributed by atoms with Gasteiger partial charge >= 0.3 is 0 Å². The van der Waals surface area contributed by atoms with E-state index < -0.39 is 0 Å². The van der Waals surface area contributed by atoms with Gasteiger partial charge in [0.05, 0.1) is 6.54 Å². The zero-order valence-electron chi connectivity index (χ0n) is 13.7. The largest absolute Gasteiger partial charge is 0.492 e. The Balaban J connectivity index is 1.50. The highest BCUT2D eigenvalue weighted by Crippen LogP contribution is 2.10. The van der Waals surface area contributed by atoms with Crippen molar-refractivity contribution >= 4 is 23.2 Å². The number of hydrogen-bond donors (Lipinski definition) is 2. The number of amides is 2. The second-order valence-electron chi connectivity index (χ2n) is 5.38. The fourth-order valence-corrected chi connectivity index (χ4v) is 2.66. The summed E-state index contributed by atoms with van der Waals surface area (Å²) >= 11 is 1.49. The second kappa shape index (κ2) is 9.72. The van der Waals surface area contributed by atoms with Crippen LogP contribution in [0.1, 0.15) is 28.8 Å². The van der Waals surface area contributed by atoms with Gasteiger partial charge in [-0.05, 0) is 36.9 Å². The van der Waals surface area contributed by atoms with Crippen molar-refractivity contribution < 1.29 is 14.3 Å². The maximum absolute atomic E-state index is 11.7. The third kappa shape index (κ3) is 6.42. The lowest BCUT2D eigenvalue weighted by Gasteiger charge is -2.08. The molecule has 0 saturated heterocycles. The minimum Gasteiger partial charge on any atom is -0.492 e. The van der Waals surface area contributed by atoms with E-state index in [0.717, 1.165) is 5.75 Å². The maximum Gasteiger partial charge on any atom is 0.252 e. The summed E-state index contributed by atoms with van der Waals surface area (Å²) in [5, 5.41) is 9.27. The van der Waals surface area contributed by atoms with Crippen LogP contribution in [0.5, 0.6) is 5.75 Å². The van der Waals surface area contributed by atoms with Gasteiger partial charge in [0.2, 0.25) is 5.91 Å². The molecule has 0 atom stereocenters. The highest BCUT2D eigenvalue weighted by Gasteiger charge is 2.05. The van der Waals surface area contributed by atoms with Crippen molar-refractivity contribution in [2.45, 2.75) is 19.8 Å². The van der Waals surface area contributed by atoms with E-state index in [0.29, 0.717) is 38.1 Å². The SMILES string of the molecule is Cc1ccc(OCCNC(=O)CCCNC(=O)c2ccsc2)cc1. The molecule has 2 N–H and O–H groups in total. The number of rotatable bonds is 9. The summed E-state index contributed by atoms with van der Waals surface area (Å²) in [6.07, 6.45) is 0.995. The van der Waals surface area contributed by atoms with Crippen LogP contribution in [0, 0.1) is 6.92 Å². The third-order valence-corrected chi connectivity index (χ3v) is 4.05. The van der Waals surface area contributed by atoms with Crippen molar-refractivity contribution in [1.29, 1.82) is 0 Å². The molecule has 2 amide bonds. The summed E-state index contributed by atoms with van der Waals surface area (Å²) < 4.78 is 5.54. The van der Waals surface area contributed by atoms with E-state index in [1.165, 1.54) is 16.9 Å². The molecule has 1 aromatic heterocycles. The molecule has 0 unspecified atom stereocenters. The van der Waals surface area contributed by atoms with Gasteiger partial charge in [0.1, 0.15) is 12.4 Å². The highest BCUT2D eigenvalue weighted by atomic mass is 32.1. The van der Waals surface area contributed by atoms with Crippen LogP contribution in [0.15, 0.2) is 41.1 Å². The number of aryl methyl sites for hydroxylation is 1. The predicted octanol–water partition coefficient (Wildman–Crippen LogP) is 2.76. The zero-order chi connectivity index (χ0) is 17.2. The summed E-state index contributed by atoms with van der Waals surface area (Å²) in [6.45, 7) is 3.41. The molecular weight excluding hydrogens is 324 g/mol. The van der Waals surface area contributed by atoms with Crippen LogP contribution in [-0.2, 0) is 4.79 Å². The normalized spacial score (nSPS) is 10.2. The molecule has 2 aromatic rings. The number of nitrogens with one attached hydrogen (secondary N) is 2. The minimum atomic E-state index is -0.0943. The zero-order valence-corrected chi connectivity index (χ0v) is 14.5. The number of hydrogen-bond acceptors (Lipinski definition) is 4. The van der Waals surface area contributed by atoms with Gasteiger partial charge in [-0.3, -0.25) is 9.59 Å². The molecule has 0 aliphatic rings. The van der Waals surface area contributed by atoms with Crippen LogP contribution in [0.3, 0.4) is 0 Å². The molecule has 128 valence electrons. The van der Waals surface area contributed by atoms with Gasteiger partial charge in [-0.25, -0.2) is 0 Å². The highest BCUT2D eigenvalue weighted by molar-refractivity contribution is 7.08. The molecular formula is C18H22N2O3S. The van der Waals surface area contributed by atoms with Crippen LogP contribution in [0.4, 0.5) is 0 Å². The van der Waals surface area contributed by atoms with Crippen molar-refractivity contribution in [2.75, 3.05) is 19.7 Å². The van der Waals surface area contributed by atoms with Crippen LogP contribution < -0.4 is 15.4 Å². The van der Waals surface area contributed by atoms with E-state index >= 15 is 0 Å². The first kappa shape index (κ1) is 18.0. The summed E-state index contributed by atoms with van der Waals surface area (Å²) in [5.41, 5.74) is 1.85. The average Bonchev–Trinajstić information content (AvgIpc) is 3.12. The van der Waals surface area contributed by atoms with E-state index in [4.69, 9.17) is 4.74 Å². The first-order chi connectivity index (χ1) is 11.6. The second-order valence-corrected chi connectivity index (χ2v) is 6.16. The molecule has 2 rings (SSSR count). The number of thiophene rings is 1. The van der Waals surface area contributed by atoms with Crippen LogP contribution in [0.25, 0.3) is 0 Å². The minimum absolute atomic E-state index is 0.0349. The lowest BCUT2D eigenvalue weighted by molar-refractivity contribution is -0.121. The van der Waals surface area contributed by atoms with Gasteiger partial charge in [-0.1, -0.05) is 17.7 Å². The fourth-order valence-electron chi connectivity index (χ4n) is 2.03. The molecule has 0 aliphatic heterocycles. The van der Waals surface area contributed by atoms with Gasteiger partial charge in [0.25, 0.3) is 5.91 Å². The summed E-state index contributed by atoms with van der Waals surface area (Å²) in [6, 6.07) is 9.57. The van der Waals surface area contributed by atoms with Gasteiger partial charge < -0.3 is 15.4 Å². The summed E-state index contributed by atoms with van der Waals surface area (Å²) in [7, 11) is 0. The topological polar surface area (TPSA) is 67.4 Å². The van der Waals surface area contributed by atoms with E-state index in [2.05, 4.69) is 10.6 Å². The van der Waals surface area contributed by atoms with Crippen LogP contribution in [0.2, 0.25) is 0 Å². The first-order valence-corrected chi connectivity index (χ1v) is 8.86. The van der Waals surface area contributed by atoms with E-state index in [-0.39, 0.29) is 11.8 Å². The lowest BCUT2D eigenvalue weighted by Crippen LogP contribution is -2.29. The Morgan fingerprint density at radius 3 is 2.58 bits per heavy atom. The number of carbonyl (C=O) groups is 2. The van der Waals surface area contributed by atoms with Gasteiger partial charge in [0, 0.05) is 23.9 Å². The van der Waals surface area contributed by atoms with Crippen molar-refractivity contribution in [3.63, 3.8) is 0 Å². The maximum atomic E-state index is 11.7. The Morgan fingerprint density at radius 2 is 1.88 bits per heavy atom. The van der Waals surface area contributed by atoms with Crippen molar-refractivity contribution in [3.8, 4) is 5.75 Å². The molecule has 1 heterocycles. The monoisotopic (exact) mass is 346 g/mol. The van der Waals surface area contributed by atoms with Gasteiger partial charge in [-0.2, -0.15) is 11.3 Å². The molecule has 0 fully saturated rings. The van der Waals surface area contributed by atoms with E-state index in [1.54, 1.807) is 11.4 Å². The number of ether oxygens (including phenoxy) is 1. The van der Waals surface area contributed by atoms with Crippen LogP contribution >= 0.6 is 11.3 Å². The van der Waals surface area contributed by atoms with E-state index in [9.17, 15) is 9.59 Å². The molecule has 0 saturated carbocycles. The molecule has 0 aliphatic carbocycles. The Labute approximate surface area is 146 Å². The molecule has 0 bridgehead atoms. The molecule has 6 heteroatoms. The number of benzene rings is 1. The fraction of sp³-hybridized carbons (Fsp3) is 0.333. The molecule has 0 radical (unpaired) electrons. The standard InChI is InChI=1S/C18H22N2O3S/c1-14-4-6-16(7-5-14)23-11-10-19-17(21)3-2-9-20-18(22)15-8-12-24-13-15/h4-8,12-13H,2-3,9-11H2,1H3,(H,19,21)(H,20,22). The smallest absolute Gasteiger partial charge is 0.252 e. The van der Waals surface area contributed by atoms with Crippen molar-refractivity contribution in [3.05, 3.63) is 52.2 Å². The Kier molecular flexibility index (Phi) is 7.29. The Bertz CT molecular complexity index is 639. The van der Waals surface area contributed by atoms with Gasteiger partial charge in [-0.15, -0.1) is 0 Å². The number of carbonyl (C=O) groups excluding carboxylic acids is 2. The van der Waals surface area contributed by atoms with Gasteiger partial charge in [0.15, 0.2) is 0 Å².